The van der Waals surface area contributed by atoms with Crippen molar-refractivity contribution in [3.63, 3.8) is 0 Å². The molecule has 1 fully saturated rings. The van der Waals surface area contributed by atoms with Crippen LogP contribution in [0.4, 0.5) is 14.5 Å². The Kier molecular flexibility index (Phi) is 5.39. The third-order valence-electron chi connectivity index (χ3n) is 4.56. The highest BCUT2D eigenvalue weighted by atomic mass is 32.2. The van der Waals surface area contributed by atoms with Crippen LogP contribution in [0.3, 0.4) is 0 Å². The Balaban J connectivity index is 1.86. The molecule has 0 amide bonds. The number of aromatic hydroxyl groups is 1. The molecule has 1 N–H and O–H groups in total. The SMILES string of the molecule is CC(C)S(=O)(=O)N1CCN(c2cnn(-c3cc(F)cc(F)c3)c(=O)c2O)CC1. The number of anilines is 1. The molecule has 1 saturated heterocycles. The minimum atomic E-state index is -3.38. The van der Waals surface area contributed by atoms with E-state index in [2.05, 4.69) is 5.10 Å². The van der Waals surface area contributed by atoms with Crippen molar-refractivity contribution in [1.29, 1.82) is 0 Å². The van der Waals surface area contributed by atoms with Crippen molar-refractivity contribution in [3.8, 4) is 11.4 Å². The zero-order chi connectivity index (χ0) is 20.6. The molecule has 0 bridgehead atoms. The number of hydrogen-bond acceptors (Lipinski definition) is 6. The van der Waals surface area contributed by atoms with E-state index in [0.717, 1.165) is 12.1 Å². The summed E-state index contributed by atoms with van der Waals surface area (Å²) in [6.45, 7) is 4.15. The van der Waals surface area contributed by atoms with Gasteiger partial charge in [0.15, 0.2) is 0 Å². The van der Waals surface area contributed by atoms with Crippen LogP contribution in [0.5, 0.6) is 5.75 Å². The molecule has 1 aromatic carbocycles. The Morgan fingerprint density at radius 2 is 1.64 bits per heavy atom. The molecule has 11 heteroatoms. The second-order valence-corrected chi connectivity index (χ2v) is 9.19. The summed E-state index contributed by atoms with van der Waals surface area (Å²) in [4.78, 5) is 14.1. The molecular formula is C17H20F2N4O4S. The van der Waals surface area contributed by atoms with Crippen LogP contribution >= 0.6 is 0 Å². The third-order valence-corrected chi connectivity index (χ3v) is 6.84. The lowest BCUT2D eigenvalue weighted by Crippen LogP contribution is -2.50. The maximum absolute atomic E-state index is 13.4. The van der Waals surface area contributed by atoms with Gasteiger partial charge in [0, 0.05) is 32.2 Å². The Labute approximate surface area is 160 Å². The largest absolute Gasteiger partial charge is 0.501 e. The number of hydrogen-bond donors (Lipinski definition) is 1. The molecule has 3 rings (SSSR count). The van der Waals surface area contributed by atoms with Crippen molar-refractivity contribution in [1.82, 2.24) is 14.1 Å². The zero-order valence-electron chi connectivity index (χ0n) is 15.3. The molecule has 0 saturated carbocycles. The Hall–Kier alpha value is -2.53. The number of aromatic nitrogens is 2. The lowest BCUT2D eigenvalue weighted by Gasteiger charge is -2.36. The monoisotopic (exact) mass is 414 g/mol. The van der Waals surface area contributed by atoms with Crippen LogP contribution in [0.25, 0.3) is 5.69 Å². The van der Waals surface area contributed by atoms with Crippen LogP contribution in [0, 0.1) is 11.6 Å². The molecule has 8 nitrogen and oxygen atoms in total. The average molecular weight is 414 g/mol. The van der Waals surface area contributed by atoms with E-state index in [4.69, 9.17) is 0 Å². The summed E-state index contributed by atoms with van der Waals surface area (Å²) in [7, 11) is -3.38. The Morgan fingerprint density at radius 1 is 1.07 bits per heavy atom. The molecule has 2 aromatic rings. The first kappa shape index (κ1) is 20.2. The second-order valence-electron chi connectivity index (χ2n) is 6.70. The molecule has 1 aromatic heterocycles. The van der Waals surface area contributed by atoms with Gasteiger partial charge in [-0.1, -0.05) is 0 Å². The van der Waals surface area contributed by atoms with Gasteiger partial charge in [0.05, 0.1) is 17.1 Å². The van der Waals surface area contributed by atoms with E-state index in [0.29, 0.717) is 10.7 Å². The van der Waals surface area contributed by atoms with Crippen molar-refractivity contribution in [2.75, 3.05) is 31.1 Å². The molecule has 0 aliphatic carbocycles. The molecule has 1 aliphatic rings. The third kappa shape index (κ3) is 3.72. The predicted octanol–water partition coefficient (Wildman–Crippen LogP) is 1.08. The fourth-order valence-corrected chi connectivity index (χ4v) is 4.26. The van der Waals surface area contributed by atoms with Crippen molar-refractivity contribution >= 4 is 15.7 Å². The van der Waals surface area contributed by atoms with Gasteiger partial charge in [-0.3, -0.25) is 4.79 Å². The number of rotatable bonds is 4. The first-order valence-electron chi connectivity index (χ1n) is 8.63. The first-order chi connectivity index (χ1) is 13.1. The number of benzene rings is 1. The second kappa shape index (κ2) is 7.47. The van der Waals surface area contributed by atoms with E-state index in [1.807, 2.05) is 0 Å². The summed E-state index contributed by atoms with van der Waals surface area (Å²) in [6, 6.07) is 2.51. The van der Waals surface area contributed by atoms with Crippen LogP contribution in [-0.4, -0.2) is 59.0 Å². The lowest BCUT2D eigenvalue weighted by atomic mass is 10.3. The molecule has 0 radical (unpaired) electrons. The van der Waals surface area contributed by atoms with Gasteiger partial charge in [-0.25, -0.2) is 17.2 Å². The van der Waals surface area contributed by atoms with E-state index >= 15 is 0 Å². The van der Waals surface area contributed by atoms with Crippen molar-refractivity contribution in [2.45, 2.75) is 19.1 Å². The van der Waals surface area contributed by atoms with Crippen LogP contribution in [0.15, 0.2) is 29.2 Å². The van der Waals surface area contributed by atoms with Gasteiger partial charge < -0.3 is 10.0 Å². The minimum absolute atomic E-state index is 0.139. The Bertz CT molecular complexity index is 1030. The normalized spacial score (nSPS) is 16.0. The number of sulfonamides is 1. The molecule has 28 heavy (non-hydrogen) atoms. The number of halogens is 2. The maximum Gasteiger partial charge on any atom is 0.315 e. The van der Waals surface area contributed by atoms with Gasteiger partial charge in [0.25, 0.3) is 0 Å². The van der Waals surface area contributed by atoms with Gasteiger partial charge in [-0.2, -0.15) is 14.1 Å². The predicted molar refractivity (Wildman–Crippen MR) is 99.3 cm³/mol. The topological polar surface area (TPSA) is 95.7 Å². The summed E-state index contributed by atoms with van der Waals surface area (Å²) < 4.78 is 53.3. The smallest absolute Gasteiger partial charge is 0.315 e. The van der Waals surface area contributed by atoms with E-state index < -0.39 is 38.2 Å². The molecule has 0 unspecified atom stereocenters. The fourth-order valence-electron chi connectivity index (χ4n) is 2.99. The van der Waals surface area contributed by atoms with E-state index in [1.54, 1.807) is 18.7 Å². The molecule has 2 heterocycles. The standard InChI is InChI=1S/C17H20F2N4O4S/c1-11(2)28(26,27)22-5-3-21(4-6-22)15-10-20-23(17(25)16(15)24)14-8-12(18)7-13(19)9-14/h7-11,24H,3-6H2,1-2H3. The van der Waals surface area contributed by atoms with Crippen molar-refractivity contribution in [2.24, 2.45) is 0 Å². The molecule has 152 valence electrons. The highest BCUT2D eigenvalue weighted by Crippen LogP contribution is 2.25. The highest BCUT2D eigenvalue weighted by molar-refractivity contribution is 7.89. The van der Waals surface area contributed by atoms with Crippen molar-refractivity contribution in [3.05, 3.63) is 46.4 Å². The quantitative estimate of drug-likeness (QED) is 0.804. The lowest BCUT2D eigenvalue weighted by molar-refractivity contribution is 0.377. The first-order valence-corrected chi connectivity index (χ1v) is 10.1. The average Bonchev–Trinajstić information content (AvgIpc) is 2.63. The van der Waals surface area contributed by atoms with Gasteiger partial charge >= 0.3 is 5.56 Å². The highest BCUT2D eigenvalue weighted by Gasteiger charge is 2.30. The van der Waals surface area contributed by atoms with Gasteiger partial charge in [0.2, 0.25) is 15.8 Å². The fraction of sp³-hybridized carbons (Fsp3) is 0.412. The Morgan fingerprint density at radius 3 is 2.18 bits per heavy atom. The van der Waals surface area contributed by atoms with Gasteiger partial charge in [-0.05, 0) is 26.0 Å². The molecule has 0 spiro atoms. The summed E-state index contributed by atoms with van der Waals surface area (Å²) in [5.74, 6) is -2.38. The number of piperazine rings is 1. The maximum atomic E-state index is 13.4. The van der Waals surface area contributed by atoms with Gasteiger partial charge in [0.1, 0.15) is 17.3 Å². The summed E-state index contributed by atoms with van der Waals surface area (Å²) in [5.41, 5.74) is -0.948. The van der Waals surface area contributed by atoms with Crippen LogP contribution in [0.2, 0.25) is 0 Å². The zero-order valence-corrected chi connectivity index (χ0v) is 16.2. The molecular weight excluding hydrogens is 394 g/mol. The summed E-state index contributed by atoms with van der Waals surface area (Å²) >= 11 is 0. The van der Waals surface area contributed by atoms with Gasteiger partial charge in [-0.15, -0.1) is 0 Å². The van der Waals surface area contributed by atoms with Crippen LogP contribution < -0.4 is 10.5 Å². The van der Waals surface area contributed by atoms with Crippen molar-refractivity contribution < 1.29 is 22.3 Å². The number of nitrogens with zero attached hydrogens (tertiary/aromatic N) is 4. The van der Waals surface area contributed by atoms with Crippen LogP contribution in [0.1, 0.15) is 13.8 Å². The van der Waals surface area contributed by atoms with E-state index in [-0.39, 0.29) is 37.6 Å². The molecule has 1 aliphatic heterocycles. The minimum Gasteiger partial charge on any atom is -0.501 e. The van der Waals surface area contributed by atoms with E-state index in [9.17, 15) is 27.1 Å². The van der Waals surface area contributed by atoms with E-state index in [1.165, 1.54) is 10.5 Å². The summed E-state index contributed by atoms with van der Waals surface area (Å²) in [6.07, 6.45) is 1.21. The summed E-state index contributed by atoms with van der Waals surface area (Å²) in [5, 5.41) is 13.7. The molecule has 0 atom stereocenters. The van der Waals surface area contributed by atoms with Crippen LogP contribution in [-0.2, 0) is 10.0 Å².